The van der Waals surface area contributed by atoms with E-state index in [4.69, 9.17) is 0 Å². The first kappa shape index (κ1) is 19.6. The van der Waals surface area contributed by atoms with Crippen molar-refractivity contribution < 1.29 is 13.2 Å². The van der Waals surface area contributed by atoms with Gasteiger partial charge in [0.15, 0.2) is 15.7 Å². The van der Waals surface area contributed by atoms with Crippen molar-refractivity contribution in [3.8, 4) is 11.4 Å². The Hall–Kier alpha value is -2.72. The number of hydrogen-bond acceptors (Lipinski definition) is 7. The fourth-order valence-corrected chi connectivity index (χ4v) is 5.63. The van der Waals surface area contributed by atoms with Crippen LogP contribution in [0.25, 0.3) is 11.4 Å². The summed E-state index contributed by atoms with van der Waals surface area (Å²) >= 11 is 1.22. The fraction of sp³-hybridized carbons (Fsp3) is 0.263. The standard InChI is InChI=1S/C19H19N5O3S2/c25-17(12-28-19-21-18(22-23-19)14-6-9-20-10-7-14)24(15-4-2-1-3-5-15)16-8-11-29(26,27)13-16/h1-7,9-10,16H,8,11-13H2,(H,21,22,23). The number of pyridine rings is 1. The van der Waals surface area contributed by atoms with Crippen LogP contribution in [0.2, 0.25) is 0 Å². The Morgan fingerprint density at radius 3 is 2.62 bits per heavy atom. The van der Waals surface area contributed by atoms with Gasteiger partial charge in [-0.3, -0.25) is 14.9 Å². The number of nitrogens with one attached hydrogen (secondary N) is 1. The van der Waals surface area contributed by atoms with Gasteiger partial charge < -0.3 is 4.90 Å². The number of aromatic amines is 1. The number of carbonyl (C=O) groups excluding carboxylic acids is 1. The number of para-hydroxylation sites is 1. The Morgan fingerprint density at radius 1 is 1.17 bits per heavy atom. The lowest BCUT2D eigenvalue weighted by Crippen LogP contribution is -2.42. The van der Waals surface area contributed by atoms with Gasteiger partial charge in [-0.15, -0.1) is 5.10 Å². The largest absolute Gasteiger partial charge is 0.308 e. The summed E-state index contributed by atoms with van der Waals surface area (Å²) in [6.45, 7) is 0. The van der Waals surface area contributed by atoms with Gasteiger partial charge in [0.2, 0.25) is 11.1 Å². The third-order valence-corrected chi connectivity index (χ3v) is 7.20. The molecule has 1 saturated heterocycles. The molecule has 1 N–H and O–H groups in total. The summed E-state index contributed by atoms with van der Waals surface area (Å²) < 4.78 is 23.9. The number of hydrogen-bond donors (Lipinski definition) is 1. The van der Waals surface area contributed by atoms with Crippen LogP contribution in [-0.2, 0) is 14.6 Å². The topological polar surface area (TPSA) is 109 Å². The minimum atomic E-state index is -3.11. The van der Waals surface area contributed by atoms with Crippen molar-refractivity contribution in [3.63, 3.8) is 0 Å². The number of carbonyl (C=O) groups is 1. The number of benzene rings is 1. The van der Waals surface area contributed by atoms with Gasteiger partial charge in [-0.1, -0.05) is 30.0 Å². The van der Waals surface area contributed by atoms with E-state index in [0.717, 1.165) is 5.56 Å². The third-order valence-electron chi connectivity index (χ3n) is 4.62. The maximum Gasteiger partial charge on any atom is 0.237 e. The second-order valence-electron chi connectivity index (χ2n) is 6.65. The zero-order valence-corrected chi connectivity index (χ0v) is 17.1. The predicted molar refractivity (Wildman–Crippen MR) is 111 cm³/mol. The number of H-pyrrole nitrogens is 1. The fourth-order valence-electron chi connectivity index (χ4n) is 3.27. The Bertz CT molecular complexity index is 1090. The molecular formula is C19H19N5O3S2. The van der Waals surface area contributed by atoms with Crippen LogP contribution in [0.3, 0.4) is 0 Å². The van der Waals surface area contributed by atoms with Crippen LogP contribution in [-0.4, -0.2) is 57.8 Å². The molecule has 0 spiro atoms. The molecule has 2 aromatic heterocycles. The first-order valence-corrected chi connectivity index (χ1v) is 11.9. The molecule has 1 aromatic carbocycles. The van der Waals surface area contributed by atoms with Crippen molar-refractivity contribution in [1.29, 1.82) is 0 Å². The second kappa shape index (κ2) is 8.34. The SMILES string of the molecule is O=C(CSc1n[nH]c(-c2ccncc2)n1)N(c1ccccc1)C1CCS(=O)(=O)C1. The summed E-state index contributed by atoms with van der Waals surface area (Å²) in [6.07, 6.45) is 3.78. The molecular weight excluding hydrogens is 410 g/mol. The molecule has 0 saturated carbocycles. The van der Waals surface area contributed by atoms with E-state index in [2.05, 4.69) is 20.2 Å². The smallest absolute Gasteiger partial charge is 0.237 e. The number of sulfone groups is 1. The third kappa shape index (κ3) is 4.65. The molecule has 3 aromatic rings. The zero-order valence-electron chi connectivity index (χ0n) is 15.4. The van der Waals surface area contributed by atoms with E-state index >= 15 is 0 Å². The van der Waals surface area contributed by atoms with E-state index in [1.807, 2.05) is 42.5 Å². The monoisotopic (exact) mass is 429 g/mol. The van der Waals surface area contributed by atoms with Gasteiger partial charge >= 0.3 is 0 Å². The lowest BCUT2D eigenvalue weighted by Gasteiger charge is -2.28. The highest BCUT2D eigenvalue weighted by Gasteiger charge is 2.35. The molecule has 150 valence electrons. The van der Waals surface area contributed by atoms with Gasteiger partial charge in [-0.05, 0) is 30.7 Å². The number of thioether (sulfide) groups is 1. The van der Waals surface area contributed by atoms with Crippen LogP contribution in [0.5, 0.6) is 0 Å². The van der Waals surface area contributed by atoms with Gasteiger partial charge in [-0.2, -0.15) is 0 Å². The Labute approximate surface area is 172 Å². The summed E-state index contributed by atoms with van der Waals surface area (Å²) in [5.74, 6) is 0.643. The summed E-state index contributed by atoms with van der Waals surface area (Å²) in [7, 11) is -3.11. The van der Waals surface area contributed by atoms with E-state index in [1.165, 1.54) is 11.8 Å². The number of amides is 1. The molecule has 3 heterocycles. The molecule has 4 rings (SSSR count). The zero-order chi connectivity index (χ0) is 20.3. The summed E-state index contributed by atoms with van der Waals surface area (Å²) in [4.78, 5) is 23.0. The second-order valence-corrected chi connectivity index (χ2v) is 9.82. The minimum Gasteiger partial charge on any atom is -0.308 e. The highest BCUT2D eigenvalue weighted by molar-refractivity contribution is 7.99. The molecule has 1 aliphatic rings. The van der Waals surface area contributed by atoms with Crippen LogP contribution in [0.4, 0.5) is 5.69 Å². The molecule has 29 heavy (non-hydrogen) atoms. The van der Waals surface area contributed by atoms with Crippen LogP contribution >= 0.6 is 11.8 Å². The molecule has 8 nitrogen and oxygen atoms in total. The van der Waals surface area contributed by atoms with Crippen molar-refractivity contribution in [2.45, 2.75) is 17.6 Å². The van der Waals surface area contributed by atoms with Gasteiger partial charge in [0, 0.05) is 23.6 Å². The van der Waals surface area contributed by atoms with E-state index < -0.39 is 9.84 Å². The number of anilines is 1. The van der Waals surface area contributed by atoms with Crippen molar-refractivity contribution in [2.24, 2.45) is 0 Å². The molecule has 1 atom stereocenters. The molecule has 1 fully saturated rings. The summed E-state index contributed by atoms with van der Waals surface area (Å²) in [5, 5.41) is 7.47. The van der Waals surface area contributed by atoms with Gasteiger partial charge in [0.25, 0.3) is 0 Å². The lowest BCUT2D eigenvalue weighted by atomic mass is 10.2. The lowest BCUT2D eigenvalue weighted by molar-refractivity contribution is -0.116. The predicted octanol–water partition coefficient (Wildman–Crippen LogP) is 2.18. The Balaban J connectivity index is 1.48. The van der Waals surface area contributed by atoms with Crippen LogP contribution in [0, 0.1) is 0 Å². The van der Waals surface area contributed by atoms with Crippen LogP contribution < -0.4 is 4.90 Å². The first-order valence-electron chi connectivity index (χ1n) is 9.05. The van der Waals surface area contributed by atoms with E-state index in [-0.39, 0.29) is 29.2 Å². The number of aromatic nitrogens is 4. The van der Waals surface area contributed by atoms with E-state index in [9.17, 15) is 13.2 Å². The maximum absolute atomic E-state index is 13.0. The summed E-state index contributed by atoms with van der Waals surface area (Å²) in [6, 6.07) is 12.5. The quantitative estimate of drug-likeness (QED) is 0.598. The van der Waals surface area contributed by atoms with Crippen molar-refractivity contribution in [1.82, 2.24) is 20.2 Å². The van der Waals surface area contributed by atoms with Gasteiger partial charge in [0.1, 0.15) is 0 Å². The molecule has 0 radical (unpaired) electrons. The van der Waals surface area contributed by atoms with Crippen LogP contribution in [0.1, 0.15) is 6.42 Å². The Morgan fingerprint density at radius 2 is 1.93 bits per heavy atom. The highest BCUT2D eigenvalue weighted by atomic mass is 32.2. The van der Waals surface area contributed by atoms with Crippen molar-refractivity contribution in [3.05, 3.63) is 54.9 Å². The molecule has 1 amide bonds. The maximum atomic E-state index is 13.0. The molecule has 1 aliphatic heterocycles. The highest BCUT2D eigenvalue weighted by Crippen LogP contribution is 2.26. The van der Waals surface area contributed by atoms with E-state index in [1.54, 1.807) is 17.3 Å². The van der Waals surface area contributed by atoms with Crippen LogP contribution in [0.15, 0.2) is 60.0 Å². The minimum absolute atomic E-state index is 0.00878. The van der Waals surface area contributed by atoms with E-state index in [0.29, 0.717) is 23.1 Å². The normalized spacial score (nSPS) is 17.9. The molecule has 1 unspecified atom stereocenters. The van der Waals surface area contributed by atoms with Gasteiger partial charge in [0.05, 0.1) is 23.3 Å². The van der Waals surface area contributed by atoms with Crippen molar-refractivity contribution >= 4 is 33.2 Å². The van der Waals surface area contributed by atoms with Crippen molar-refractivity contribution in [2.75, 3.05) is 22.2 Å². The average Bonchev–Trinajstić information content (AvgIpc) is 3.34. The molecule has 0 aliphatic carbocycles. The number of rotatable bonds is 6. The Kier molecular flexibility index (Phi) is 5.63. The molecule has 10 heteroatoms. The first-order chi connectivity index (χ1) is 14.0. The van der Waals surface area contributed by atoms with Gasteiger partial charge in [-0.25, -0.2) is 13.4 Å². The average molecular weight is 430 g/mol. The molecule has 0 bridgehead atoms. The number of nitrogens with zero attached hydrogens (tertiary/aromatic N) is 4. The summed E-state index contributed by atoms with van der Waals surface area (Å²) in [5.41, 5.74) is 1.56.